The summed E-state index contributed by atoms with van der Waals surface area (Å²) < 4.78 is 44.2. The quantitative estimate of drug-likeness (QED) is 0.431. The molecule has 0 bridgehead atoms. The van der Waals surface area contributed by atoms with Crippen LogP contribution in [0.5, 0.6) is 11.8 Å². The van der Waals surface area contributed by atoms with E-state index in [1.807, 2.05) is 0 Å². The number of thiazole rings is 1. The second kappa shape index (κ2) is 8.52. The number of amides is 1. The van der Waals surface area contributed by atoms with Gasteiger partial charge in [0.05, 0.1) is 5.56 Å². The Balaban J connectivity index is 1.43. The molecule has 10 heteroatoms. The molecule has 0 saturated carbocycles. The van der Waals surface area contributed by atoms with Gasteiger partial charge in [0, 0.05) is 29.0 Å². The zero-order chi connectivity index (χ0) is 21.8. The molecule has 0 aliphatic rings. The lowest BCUT2D eigenvalue weighted by Crippen LogP contribution is -2.12. The first-order chi connectivity index (χ1) is 14.9. The van der Waals surface area contributed by atoms with E-state index in [4.69, 9.17) is 4.74 Å². The summed E-state index contributed by atoms with van der Waals surface area (Å²) in [6.45, 7) is 0. The molecule has 31 heavy (non-hydrogen) atoms. The van der Waals surface area contributed by atoms with Crippen LogP contribution in [0.25, 0.3) is 10.6 Å². The number of benzene rings is 2. The molecule has 6 nitrogen and oxygen atoms in total. The van der Waals surface area contributed by atoms with Gasteiger partial charge in [0.2, 0.25) is 0 Å². The maximum absolute atomic E-state index is 12.9. The highest BCUT2D eigenvalue weighted by atomic mass is 32.1. The summed E-state index contributed by atoms with van der Waals surface area (Å²) in [6, 6.07) is 13.2. The fourth-order valence-corrected chi connectivity index (χ4v) is 3.38. The molecule has 0 unspecified atom stereocenters. The van der Waals surface area contributed by atoms with E-state index in [1.54, 1.807) is 42.7 Å². The third-order valence-corrected chi connectivity index (χ3v) is 4.93. The van der Waals surface area contributed by atoms with Crippen molar-refractivity contribution in [2.24, 2.45) is 0 Å². The number of carbonyl (C=O) groups excluding carboxylic acids is 1. The van der Waals surface area contributed by atoms with Crippen LogP contribution in [0.3, 0.4) is 0 Å². The number of nitrogens with zero attached hydrogens (tertiary/aromatic N) is 3. The average Bonchev–Trinajstić information content (AvgIpc) is 3.26. The SMILES string of the molecule is O=C(Nc1ccc(Oc2ncccn2)cc1)c1csc(-c2cccc(C(F)(F)F)c2)n1. The van der Waals surface area contributed by atoms with Crippen molar-refractivity contribution in [3.63, 3.8) is 0 Å². The third kappa shape index (κ3) is 5.04. The summed E-state index contributed by atoms with van der Waals surface area (Å²) in [6.07, 6.45) is -1.34. The molecule has 0 atom stereocenters. The minimum Gasteiger partial charge on any atom is -0.424 e. The van der Waals surface area contributed by atoms with Crippen LogP contribution in [-0.2, 0) is 6.18 Å². The number of hydrogen-bond donors (Lipinski definition) is 1. The molecular weight excluding hydrogens is 429 g/mol. The number of rotatable bonds is 5. The highest BCUT2D eigenvalue weighted by molar-refractivity contribution is 7.13. The number of hydrogen-bond acceptors (Lipinski definition) is 6. The topological polar surface area (TPSA) is 77.0 Å². The Morgan fingerprint density at radius 3 is 2.45 bits per heavy atom. The first kappa shape index (κ1) is 20.5. The largest absolute Gasteiger partial charge is 0.424 e. The first-order valence-electron chi connectivity index (χ1n) is 8.88. The molecule has 0 aliphatic heterocycles. The highest BCUT2D eigenvalue weighted by Gasteiger charge is 2.30. The van der Waals surface area contributed by atoms with Crippen molar-refractivity contribution in [1.82, 2.24) is 15.0 Å². The molecular formula is C21H13F3N4O2S. The molecule has 0 fully saturated rings. The molecule has 2 aromatic heterocycles. The maximum Gasteiger partial charge on any atom is 0.416 e. The Hall–Kier alpha value is -3.79. The van der Waals surface area contributed by atoms with Crippen molar-refractivity contribution in [3.8, 4) is 22.3 Å². The molecule has 4 rings (SSSR count). The van der Waals surface area contributed by atoms with E-state index in [-0.39, 0.29) is 11.7 Å². The fraction of sp³-hybridized carbons (Fsp3) is 0.0476. The highest BCUT2D eigenvalue weighted by Crippen LogP contribution is 2.33. The van der Waals surface area contributed by atoms with Crippen LogP contribution in [0.1, 0.15) is 16.1 Å². The van der Waals surface area contributed by atoms with Gasteiger partial charge in [0.1, 0.15) is 16.5 Å². The molecule has 2 aromatic carbocycles. The molecule has 2 heterocycles. The summed E-state index contributed by atoms with van der Waals surface area (Å²) in [5.41, 5.74) is 0.133. The molecule has 0 spiro atoms. The van der Waals surface area contributed by atoms with E-state index in [0.717, 1.165) is 23.5 Å². The molecule has 156 valence electrons. The normalized spacial score (nSPS) is 11.2. The van der Waals surface area contributed by atoms with Gasteiger partial charge in [-0.3, -0.25) is 4.79 Å². The summed E-state index contributed by atoms with van der Waals surface area (Å²) in [7, 11) is 0. The lowest BCUT2D eigenvalue weighted by Gasteiger charge is -2.07. The van der Waals surface area contributed by atoms with Gasteiger partial charge in [-0.05, 0) is 42.5 Å². The number of alkyl halides is 3. The van der Waals surface area contributed by atoms with Gasteiger partial charge in [-0.25, -0.2) is 15.0 Å². The van der Waals surface area contributed by atoms with Crippen molar-refractivity contribution in [3.05, 3.63) is 83.6 Å². The molecule has 4 aromatic rings. The number of halogens is 3. The monoisotopic (exact) mass is 442 g/mol. The lowest BCUT2D eigenvalue weighted by atomic mass is 10.1. The average molecular weight is 442 g/mol. The van der Waals surface area contributed by atoms with Gasteiger partial charge in [0.25, 0.3) is 5.91 Å². The number of nitrogens with one attached hydrogen (secondary N) is 1. The van der Waals surface area contributed by atoms with Crippen LogP contribution in [0.15, 0.2) is 72.4 Å². The predicted octanol–water partition coefficient (Wildman–Crippen LogP) is 5.66. The minimum atomic E-state index is -4.45. The van der Waals surface area contributed by atoms with Crippen LogP contribution in [0.4, 0.5) is 18.9 Å². The van der Waals surface area contributed by atoms with Crippen LogP contribution in [0.2, 0.25) is 0 Å². The molecule has 0 radical (unpaired) electrons. The van der Waals surface area contributed by atoms with Gasteiger partial charge in [-0.2, -0.15) is 13.2 Å². The second-order valence-electron chi connectivity index (χ2n) is 6.23. The predicted molar refractivity (Wildman–Crippen MR) is 109 cm³/mol. The van der Waals surface area contributed by atoms with Crippen molar-refractivity contribution < 1.29 is 22.7 Å². The lowest BCUT2D eigenvalue weighted by molar-refractivity contribution is -0.137. The van der Waals surface area contributed by atoms with E-state index in [1.165, 1.54) is 17.5 Å². The Morgan fingerprint density at radius 1 is 1.00 bits per heavy atom. The van der Waals surface area contributed by atoms with Crippen molar-refractivity contribution >= 4 is 22.9 Å². The van der Waals surface area contributed by atoms with Gasteiger partial charge in [-0.1, -0.05) is 12.1 Å². The smallest absolute Gasteiger partial charge is 0.416 e. The van der Waals surface area contributed by atoms with Crippen LogP contribution < -0.4 is 10.1 Å². The third-order valence-electron chi connectivity index (χ3n) is 4.04. The van der Waals surface area contributed by atoms with Crippen molar-refractivity contribution in [2.45, 2.75) is 6.18 Å². The number of ether oxygens (including phenoxy) is 1. The zero-order valence-electron chi connectivity index (χ0n) is 15.6. The molecule has 0 saturated heterocycles. The Labute approximate surface area is 178 Å². The molecule has 1 N–H and O–H groups in total. The Kier molecular flexibility index (Phi) is 5.63. The Bertz CT molecular complexity index is 1200. The van der Waals surface area contributed by atoms with E-state index < -0.39 is 17.6 Å². The summed E-state index contributed by atoms with van der Waals surface area (Å²) >= 11 is 1.09. The summed E-state index contributed by atoms with van der Waals surface area (Å²) in [4.78, 5) is 24.5. The van der Waals surface area contributed by atoms with E-state index in [2.05, 4.69) is 20.3 Å². The summed E-state index contributed by atoms with van der Waals surface area (Å²) in [5.74, 6) is 0.0132. The van der Waals surface area contributed by atoms with Crippen LogP contribution in [-0.4, -0.2) is 20.9 Å². The standard InChI is InChI=1S/C21H13F3N4O2S/c22-21(23,24)14-4-1-3-13(11-14)19-28-17(12-31-19)18(29)27-15-5-7-16(8-6-15)30-20-25-9-2-10-26-20/h1-12H,(H,27,29). The van der Waals surface area contributed by atoms with E-state index in [0.29, 0.717) is 22.0 Å². The van der Waals surface area contributed by atoms with Crippen LogP contribution in [0, 0.1) is 0 Å². The van der Waals surface area contributed by atoms with Gasteiger partial charge in [0.15, 0.2) is 0 Å². The summed E-state index contributed by atoms with van der Waals surface area (Å²) in [5, 5.41) is 4.51. The maximum atomic E-state index is 12.9. The second-order valence-corrected chi connectivity index (χ2v) is 7.09. The first-order valence-corrected chi connectivity index (χ1v) is 9.76. The number of carbonyl (C=O) groups is 1. The molecule has 0 aliphatic carbocycles. The van der Waals surface area contributed by atoms with E-state index in [9.17, 15) is 18.0 Å². The van der Waals surface area contributed by atoms with Gasteiger partial charge >= 0.3 is 12.2 Å². The van der Waals surface area contributed by atoms with Crippen LogP contribution >= 0.6 is 11.3 Å². The Morgan fingerprint density at radius 2 is 1.74 bits per heavy atom. The molecule has 1 amide bonds. The number of aromatic nitrogens is 3. The number of anilines is 1. The minimum absolute atomic E-state index is 0.107. The fourth-order valence-electron chi connectivity index (χ4n) is 2.58. The van der Waals surface area contributed by atoms with Gasteiger partial charge < -0.3 is 10.1 Å². The van der Waals surface area contributed by atoms with Gasteiger partial charge in [-0.15, -0.1) is 11.3 Å². The van der Waals surface area contributed by atoms with Crippen molar-refractivity contribution in [1.29, 1.82) is 0 Å². The van der Waals surface area contributed by atoms with Crippen molar-refractivity contribution in [2.75, 3.05) is 5.32 Å². The van der Waals surface area contributed by atoms with E-state index >= 15 is 0 Å². The zero-order valence-corrected chi connectivity index (χ0v) is 16.4.